The molecule has 3 nitrogen and oxygen atoms in total. The van der Waals surface area contributed by atoms with E-state index in [2.05, 4.69) is 26.1 Å². The largest absolute Gasteiger partial charge is 0.465 e. The molecule has 19 heavy (non-hydrogen) atoms. The van der Waals surface area contributed by atoms with Gasteiger partial charge in [0.2, 0.25) is 0 Å². The lowest BCUT2D eigenvalue weighted by atomic mass is 9.77. The molecular formula is C16H31NO2. The fourth-order valence-electron chi connectivity index (χ4n) is 3.22. The Morgan fingerprint density at radius 3 is 2.53 bits per heavy atom. The maximum absolute atomic E-state index is 12.0. The number of carbonyl (C=O) groups excluding carboxylic acids is 1. The highest BCUT2D eigenvalue weighted by Gasteiger charge is 2.31. The molecule has 1 N–H and O–H groups in total. The number of hydrogen-bond donors (Lipinski definition) is 1. The summed E-state index contributed by atoms with van der Waals surface area (Å²) < 4.78 is 5.19. The molecule has 0 aromatic heterocycles. The Kier molecular flexibility index (Phi) is 7.44. The zero-order chi connectivity index (χ0) is 14.3. The van der Waals surface area contributed by atoms with E-state index in [4.69, 9.17) is 4.74 Å². The fourth-order valence-corrected chi connectivity index (χ4v) is 3.22. The number of ether oxygens (including phenoxy) is 1. The Morgan fingerprint density at radius 2 is 1.95 bits per heavy atom. The summed E-state index contributed by atoms with van der Waals surface area (Å²) in [6.45, 7) is 9.06. The molecule has 0 radical (unpaired) electrons. The second kappa shape index (κ2) is 8.57. The van der Waals surface area contributed by atoms with E-state index in [1.54, 1.807) is 0 Å². The molecule has 0 saturated heterocycles. The minimum absolute atomic E-state index is 0.0718. The highest BCUT2D eigenvalue weighted by atomic mass is 16.5. The van der Waals surface area contributed by atoms with Gasteiger partial charge >= 0.3 is 5.97 Å². The van der Waals surface area contributed by atoms with E-state index in [1.165, 1.54) is 25.7 Å². The minimum atomic E-state index is -0.116. The Morgan fingerprint density at radius 1 is 1.26 bits per heavy atom. The van der Waals surface area contributed by atoms with Gasteiger partial charge in [-0.3, -0.25) is 4.79 Å². The van der Waals surface area contributed by atoms with E-state index in [9.17, 15) is 4.79 Å². The number of carbonyl (C=O) groups is 1. The SMILES string of the molecule is CCCC(NC1CCCCC1C(C)C)C(=O)OCC. The van der Waals surface area contributed by atoms with Crippen LogP contribution in [0.4, 0.5) is 0 Å². The van der Waals surface area contributed by atoms with E-state index in [1.807, 2.05) is 6.92 Å². The Labute approximate surface area is 118 Å². The normalized spacial score (nSPS) is 25.3. The predicted molar refractivity (Wildman–Crippen MR) is 79.0 cm³/mol. The predicted octanol–water partition coefficient (Wildman–Crippen LogP) is 3.52. The number of esters is 1. The van der Waals surface area contributed by atoms with Gasteiger partial charge in [0.1, 0.15) is 6.04 Å². The van der Waals surface area contributed by atoms with Crippen molar-refractivity contribution in [1.29, 1.82) is 0 Å². The van der Waals surface area contributed by atoms with E-state index >= 15 is 0 Å². The standard InChI is InChI=1S/C16H31NO2/c1-5-9-15(16(18)19-6-2)17-14-11-8-7-10-13(14)12(3)4/h12-15,17H,5-11H2,1-4H3. The highest BCUT2D eigenvalue weighted by Crippen LogP contribution is 2.30. The van der Waals surface area contributed by atoms with Gasteiger partial charge in [0.15, 0.2) is 0 Å². The number of nitrogens with one attached hydrogen (secondary N) is 1. The third kappa shape index (κ3) is 5.13. The first-order valence-electron chi connectivity index (χ1n) is 8.02. The average molecular weight is 269 g/mol. The van der Waals surface area contributed by atoms with Crippen LogP contribution in [0, 0.1) is 11.8 Å². The molecule has 1 saturated carbocycles. The molecule has 0 aliphatic heterocycles. The van der Waals surface area contributed by atoms with Crippen LogP contribution in [-0.4, -0.2) is 24.7 Å². The monoisotopic (exact) mass is 269 g/mol. The highest BCUT2D eigenvalue weighted by molar-refractivity contribution is 5.75. The molecule has 0 aromatic rings. The summed E-state index contributed by atoms with van der Waals surface area (Å²) in [4.78, 5) is 12.0. The first-order chi connectivity index (χ1) is 9.10. The Balaban J connectivity index is 2.62. The van der Waals surface area contributed by atoms with Crippen molar-refractivity contribution in [2.45, 2.75) is 78.3 Å². The van der Waals surface area contributed by atoms with Gasteiger partial charge < -0.3 is 10.1 Å². The molecule has 1 fully saturated rings. The zero-order valence-corrected chi connectivity index (χ0v) is 13.1. The molecule has 3 unspecified atom stereocenters. The van der Waals surface area contributed by atoms with Crippen LogP contribution < -0.4 is 5.32 Å². The van der Waals surface area contributed by atoms with Crippen molar-refractivity contribution in [1.82, 2.24) is 5.32 Å². The van der Waals surface area contributed by atoms with Crippen LogP contribution in [0.15, 0.2) is 0 Å². The van der Waals surface area contributed by atoms with Crippen LogP contribution in [0.2, 0.25) is 0 Å². The van der Waals surface area contributed by atoms with E-state index in [0.29, 0.717) is 24.5 Å². The van der Waals surface area contributed by atoms with Crippen LogP contribution in [-0.2, 0) is 9.53 Å². The lowest BCUT2D eigenvalue weighted by molar-refractivity contribution is -0.146. The molecule has 0 bridgehead atoms. The second-order valence-electron chi connectivity index (χ2n) is 6.06. The third-order valence-electron chi connectivity index (χ3n) is 4.24. The van der Waals surface area contributed by atoms with Gasteiger partial charge in [-0.05, 0) is 38.0 Å². The second-order valence-corrected chi connectivity index (χ2v) is 6.06. The van der Waals surface area contributed by atoms with Crippen molar-refractivity contribution in [3.05, 3.63) is 0 Å². The number of rotatable bonds is 7. The van der Waals surface area contributed by atoms with Crippen LogP contribution in [0.1, 0.15) is 66.2 Å². The van der Waals surface area contributed by atoms with Crippen molar-refractivity contribution >= 4 is 5.97 Å². The van der Waals surface area contributed by atoms with Gasteiger partial charge in [0, 0.05) is 6.04 Å². The molecule has 112 valence electrons. The minimum Gasteiger partial charge on any atom is -0.465 e. The van der Waals surface area contributed by atoms with E-state index in [0.717, 1.165) is 12.8 Å². The van der Waals surface area contributed by atoms with Crippen molar-refractivity contribution in [3.63, 3.8) is 0 Å². The first-order valence-corrected chi connectivity index (χ1v) is 8.02. The summed E-state index contributed by atoms with van der Waals surface area (Å²) in [6.07, 6.45) is 6.98. The van der Waals surface area contributed by atoms with Crippen LogP contribution in [0.25, 0.3) is 0 Å². The maximum atomic E-state index is 12.0. The van der Waals surface area contributed by atoms with Gasteiger partial charge in [-0.15, -0.1) is 0 Å². The zero-order valence-electron chi connectivity index (χ0n) is 13.1. The molecule has 3 heteroatoms. The molecule has 0 heterocycles. The van der Waals surface area contributed by atoms with Gasteiger partial charge in [0.05, 0.1) is 6.61 Å². The van der Waals surface area contributed by atoms with Crippen LogP contribution >= 0.6 is 0 Å². The molecular weight excluding hydrogens is 238 g/mol. The first kappa shape index (κ1) is 16.5. The summed E-state index contributed by atoms with van der Waals surface area (Å²) in [5, 5.41) is 3.60. The van der Waals surface area contributed by atoms with Gasteiger partial charge in [-0.1, -0.05) is 40.0 Å². The fraction of sp³-hybridized carbons (Fsp3) is 0.938. The average Bonchev–Trinajstić information content (AvgIpc) is 2.39. The smallest absolute Gasteiger partial charge is 0.323 e. The van der Waals surface area contributed by atoms with Crippen LogP contribution in [0.3, 0.4) is 0 Å². The van der Waals surface area contributed by atoms with Gasteiger partial charge in [0.25, 0.3) is 0 Å². The maximum Gasteiger partial charge on any atom is 0.323 e. The quantitative estimate of drug-likeness (QED) is 0.719. The molecule has 1 aliphatic carbocycles. The summed E-state index contributed by atoms with van der Waals surface area (Å²) in [5.41, 5.74) is 0. The molecule has 1 aliphatic rings. The topological polar surface area (TPSA) is 38.3 Å². The number of hydrogen-bond acceptors (Lipinski definition) is 3. The third-order valence-corrected chi connectivity index (χ3v) is 4.24. The van der Waals surface area contributed by atoms with Crippen molar-refractivity contribution in [3.8, 4) is 0 Å². The van der Waals surface area contributed by atoms with E-state index < -0.39 is 0 Å². The summed E-state index contributed by atoms with van der Waals surface area (Å²) in [7, 11) is 0. The lowest BCUT2D eigenvalue weighted by Crippen LogP contribution is -2.49. The van der Waals surface area contributed by atoms with Crippen LogP contribution in [0.5, 0.6) is 0 Å². The molecule has 1 rings (SSSR count). The Hall–Kier alpha value is -0.570. The van der Waals surface area contributed by atoms with Gasteiger partial charge in [-0.25, -0.2) is 0 Å². The molecule has 3 atom stereocenters. The summed E-state index contributed by atoms with van der Waals surface area (Å²) in [5.74, 6) is 1.31. The summed E-state index contributed by atoms with van der Waals surface area (Å²) in [6, 6.07) is 0.365. The van der Waals surface area contributed by atoms with Crippen molar-refractivity contribution < 1.29 is 9.53 Å². The molecule has 0 aromatic carbocycles. The van der Waals surface area contributed by atoms with Gasteiger partial charge in [-0.2, -0.15) is 0 Å². The molecule has 0 spiro atoms. The Bertz CT molecular complexity index is 265. The lowest BCUT2D eigenvalue weighted by Gasteiger charge is -2.37. The molecule has 0 amide bonds. The summed E-state index contributed by atoms with van der Waals surface area (Å²) >= 11 is 0. The van der Waals surface area contributed by atoms with Crippen molar-refractivity contribution in [2.75, 3.05) is 6.61 Å². The van der Waals surface area contributed by atoms with Crippen molar-refractivity contribution in [2.24, 2.45) is 11.8 Å². The van der Waals surface area contributed by atoms with E-state index in [-0.39, 0.29) is 12.0 Å².